The second-order valence-corrected chi connectivity index (χ2v) is 6.99. The predicted molar refractivity (Wildman–Crippen MR) is 116 cm³/mol. The highest BCUT2D eigenvalue weighted by Crippen LogP contribution is 2.23. The molecule has 6 heteroatoms. The normalized spacial score (nSPS) is 14.4. The van der Waals surface area contributed by atoms with Crippen molar-refractivity contribution in [1.29, 1.82) is 0 Å². The monoisotopic (exact) mass is 419 g/mol. The van der Waals surface area contributed by atoms with Gasteiger partial charge in [0.25, 0.3) is 0 Å². The van der Waals surface area contributed by atoms with Gasteiger partial charge < -0.3 is 14.2 Å². The highest BCUT2D eigenvalue weighted by atomic mass is 35.5. The van der Waals surface area contributed by atoms with Crippen LogP contribution in [0.25, 0.3) is 6.08 Å². The summed E-state index contributed by atoms with van der Waals surface area (Å²) in [6, 6.07) is 22.1. The van der Waals surface area contributed by atoms with E-state index in [0.29, 0.717) is 28.7 Å². The number of halogens is 1. The Balaban J connectivity index is 1.51. The number of carbonyl (C=O) groups is 1. The first-order valence-electron chi connectivity index (χ1n) is 9.25. The Morgan fingerprint density at radius 3 is 2.57 bits per heavy atom. The molecule has 0 fully saturated rings. The number of hydrogen-bond acceptors (Lipinski definition) is 5. The van der Waals surface area contributed by atoms with E-state index in [1.165, 1.54) is 0 Å². The van der Waals surface area contributed by atoms with E-state index < -0.39 is 5.97 Å². The molecule has 1 aliphatic rings. The number of aliphatic imine (C=N–C) groups is 1. The van der Waals surface area contributed by atoms with Crippen LogP contribution in [0.5, 0.6) is 11.5 Å². The van der Waals surface area contributed by atoms with Gasteiger partial charge in [0.1, 0.15) is 18.1 Å². The van der Waals surface area contributed by atoms with Crippen molar-refractivity contribution in [3.05, 3.63) is 100 Å². The summed E-state index contributed by atoms with van der Waals surface area (Å²) < 4.78 is 16.4. The molecule has 0 atom stereocenters. The van der Waals surface area contributed by atoms with E-state index in [-0.39, 0.29) is 11.6 Å². The highest BCUT2D eigenvalue weighted by molar-refractivity contribution is 6.30. The van der Waals surface area contributed by atoms with Crippen LogP contribution in [0.15, 0.2) is 83.5 Å². The van der Waals surface area contributed by atoms with Crippen LogP contribution in [-0.4, -0.2) is 19.0 Å². The molecule has 0 unspecified atom stereocenters. The van der Waals surface area contributed by atoms with Gasteiger partial charge in [0.2, 0.25) is 5.90 Å². The summed E-state index contributed by atoms with van der Waals surface area (Å²) in [6.45, 7) is 0.414. The third-order valence-corrected chi connectivity index (χ3v) is 4.67. The van der Waals surface area contributed by atoms with Crippen molar-refractivity contribution in [2.75, 3.05) is 7.11 Å². The van der Waals surface area contributed by atoms with Gasteiger partial charge in [-0.05, 0) is 59.7 Å². The summed E-state index contributed by atoms with van der Waals surface area (Å²) in [5.41, 5.74) is 2.69. The maximum atomic E-state index is 12.3. The van der Waals surface area contributed by atoms with Crippen molar-refractivity contribution in [2.24, 2.45) is 4.99 Å². The topological polar surface area (TPSA) is 57.1 Å². The van der Waals surface area contributed by atoms with Crippen molar-refractivity contribution >= 4 is 29.5 Å². The zero-order chi connectivity index (χ0) is 20.9. The molecule has 0 bridgehead atoms. The number of methoxy groups -OCH3 is 1. The van der Waals surface area contributed by atoms with Crippen LogP contribution in [0, 0.1) is 0 Å². The maximum Gasteiger partial charge on any atom is 0.363 e. The number of ether oxygens (including phenoxy) is 3. The average Bonchev–Trinajstić information content (AvgIpc) is 3.14. The van der Waals surface area contributed by atoms with Crippen LogP contribution in [-0.2, 0) is 16.1 Å². The summed E-state index contributed by atoms with van der Waals surface area (Å²) >= 11 is 5.91. The van der Waals surface area contributed by atoms with E-state index >= 15 is 0 Å². The molecule has 0 saturated carbocycles. The van der Waals surface area contributed by atoms with Gasteiger partial charge in [0, 0.05) is 10.6 Å². The zero-order valence-electron chi connectivity index (χ0n) is 16.2. The molecule has 150 valence electrons. The zero-order valence-corrected chi connectivity index (χ0v) is 16.9. The molecule has 0 spiro atoms. The van der Waals surface area contributed by atoms with E-state index in [2.05, 4.69) is 4.99 Å². The average molecular weight is 420 g/mol. The largest absolute Gasteiger partial charge is 0.497 e. The third-order valence-electron chi connectivity index (χ3n) is 4.42. The molecule has 4 rings (SSSR count). The number of hydrogen-bond donors (Lipinski definition) is 0. The lowest BCUT2D eigenvalue weighted by Crippen LogP contribution is -2.05. The number of rotatable bonds is 6. The van der Waals surface area contributed by atoms with Gasteiger partial charge in [-0.25, -0.2) is 9.79 Å². The Labute approximate surface area is 179 Å². The van der Waals surface area contributed by atoms with Crippen LogP contribution in [0.2, 0.25) is 5.02 Å². The molecule has 0 amide bonds. The lowest BCUT2D eigenvalue weighted by atomic mass is 10.2. The summed E-state index contributed by atoms with van der Waals surface area (Å²) in [6.07, 6.45) is 1.67. The van der Waals surface area contributed by atoms with Crippen molar-refractivity contribution in [3.8, 4) is 11.5 Å². The molecule has 3 aromatic rings. The molecule has 3 aromatic carbocycles. The molecule has 0 radical (unpaired) electrons. The first kappa shape index (κ1) is 19.7. The van der Waals surface area contributed by atoms with Crippen LogP contribution in [0.3, 0.4) is 0 Å². The lowest BCUT2D eigenvalue weighted by molar-refractivity contribution is -0.129. The van der Waals surface area contributed by atoms with Crippen molar-refractivity contribution in [3.63, 3.8) is 0 Å². The molecule has 30 heavy (non-hydrogen) atoms. The standard InChI is InChI=1S/C24H18ClNO4/c1-28-20-6-3-5-18(14-20)23-26-22(24(27)30-23)13-17-4-2-7-21(12-17)29-15-16-8-10-19(25)11-9-16/h2-14H,15H2,1H3/b22-13+. The second-order valence-electron chi connectivity index (χ2n) is 6.56. The van der Waals surface area contributed by atoms with E-state index in [0.717, 1.165) is 11.1 Å². The van der Waals surface area contributed by atoms with Gasteiger partial charge in [0.05, 0.1) is 7.11 Å². The number of esters is 1. The van der Waals surface area contributed by atoms with Crippen LogP contribution in [0.1, 0.15) is 16.7 Å². The number of nitrogens with zero attached hydrogens (tertiary/aromatic N) is 1. The molecule has 0 saturated heterocycles. The van der Waals surface area contributed by atoms with Crippen LogP contribution < -0.4 is 9.47 Å². The second kappa shape index (κ2) is 8.84. The minimum absolute atomic E-state index is 0.225. The summed E-state index contributed by atoms with van der Waals surface area (Å²) in [4.78, 5) is 16.6. The summed E-state index contributed by atoms with van der Waals surface area (Å²) in [5.74, 6) is 1.09. The van der Waals surface area contributed by atoms with E-state index in [9.17, 15) is 4.79 Å². The Bertz CT molecular complexity index is 1140. The Morgan fingerprint density at radius 1 is 1.00 bits per heavy atom. The summed E-state index contributed by atoms with van der Waals surface area (Å²) in [7, 11) is 1.58. The SMILES string of the molecule is COc1cccc(C2=N/C(=C/c3cccc(OCc4ccc(Cl)cc4)c3)C(=O)O2)c1. The Morgan fingerprint density at radius 2 is 1.77 bits per heavy atom. The quantitative estimate of drug-likeness (QED) is 0.403. The molecule has 1 aliphatic heterocycles. The first-order chi connectivity index (χ1) is 14.6. The molecule has 1 heterocycles. The van der Waals surface area contributed by atoms with Crippen LogP contribution >= 0.6 is 11.6 Å². The number of benzene rings is 3. The summed E-state index contributed by atoms with van der Waals surface area (Å²) in [5, 5.41) is 0.685. The lowest BCUT2D eigenvalue weighted by Gasteiger charge is -2.07. The van der Waals surface area contributed by atoms with E-state index in [1.807, 2.05) is 66.7 Å². The molecular formula is C24H18ClNO4. The van der Waals surface area contributed by atoms with E-state index in [1.54, 1.807) is 19.3 Å². The minimum Gasteiger partial charge on any atom is -0.497 e. The van der Waals surface area contributed by atoms with Gasteiger partial charge in [-0.15, -0.1) is 0 Å². The molecule has 0 aliphatic carbocycles. The van der Waals surface area contributed by atoms with Crippen molar-refractivity contribution in [2.45, 2.75) is 6.61 Å². The highest BCUT2D eigenvalue weighted by Gasteiger charge is 2.24. The van der Waals surface area contributed by atoms with Gasteiger partial charge in [0.15, 0.2) is 5.70 Å². The fourth-order valence-electron chi connectivity index (χ4n) is 2.89. The minimum atomic E-state index is -0.500. The van der Waals surface area contributed by atoms with Gasteiger partial charge in [-0.3, -0.25) is 0 Å². The van der Waals surface area contributed by atoms with Gasteiger partial charge in [-0.1, -0.05) is 41.9 Å². The maximum absolute atomic E-state index is 12.3. The molecular weight excluding hydrogens is 402 g/mol. The third kappa shape index (κ3) is 4.70. The smallest absolute Gasteiger partial charge is 0.363 e. The molecule has 5 nitrogen and oxygen atoms in total. The first-order valence-corrected chi connectivity index (χ1v) is 9.63. The van der Waals surface area contributed by atoms with Gasteiger partial charge in [-0.2, -0.15) is 0 Å². The van der Waals surface area contributed by atoms with Crippen molar-refractivity contribution < 1.29 is 19.0 Å². The number of carbonyl (C=O) groups excluding carboxylic acids is 1. The Hall–Kier alpha value is -3.57. The molecule has 0 aromatic heterocycles. The van der Waals surface area contributed by atoms with Crippen molar-refractivity contribution in [1.82, 2.24) is 0 Å². The fourth-order valence-corrected chi connectivity index (χ4v) is 3.01. The van der Waals surface area contributed by atoms with E-state index in [4.69, 9.17) is 25.8 Å². The Kier molecular flexibility index (Phi) is 5.82. The number of cyclic esters (lactones) is 1. The van der Waals surface area contributed by atoms with Crippen LogP contribution in [0.4, 0.5) is 0 Å². The predicted octanol–water partition coefficient (Wildman–Crippen LogP) is 5.27. The van der Waals surface area contributed by atoms with Gasteiger partial charge >= 0.3 is 5.97 Å². The molecule has 0 N–H and O–H groups in total. The fraction of sp³-hybridized carbons (Fsp3) is 0.0833.